The third-order valence-electron chi connectivity index (χ3n) is 5.73. The molecule has 0 bridgehead atoms. The van der Waals surface area contributed by atoms with Gasteiger partial charge < -0.3 is 15.2 Å². The first-order valence-corrected chi connectivity index (χ1v) is 11.4. The molecule has 2 aliphatic rings. The standard InChI is InChI=1S/C21H18IN3O4S/c1-29-14-8-10(5-11(22)19(14)27)16-17-12(23-20-18(16)21(28)25-24-20)6-9(7-13(17)26)15-3-2-4-30-15/h2-5,8-9,16,27H,6-7H2,1H3,(H3,23,24,25,28). The zero-order chi connectivity index (χ0) is 21.0. The molecule has 4 N–H and O–H groups in total. The highest BCUT2D eigenvalue weighted by atomic mass is 127. The lowest BCUT2D eigenvalue weighted by molar-refractivity contribution is -0.116. The van der Waals surface area contributed by atoms with Crippen molar-refractivity contribution in [3.8, 4) is 11.5 Å². The van der Waals surface area contributed by atoms with Crippen molar-refractivity contribution in [1.29, 1.82) is 0 Å². The van der Waals surface area contributed by atoms with E-state index in [-0.39, 0.29) is 23.0 Å². The van der Waals surface area contributed by atoms with Gasteiger partial charge in [-0.1, -0.05) is 6.07 Å². The summed E-state index contributed by atoms with van der Waals surface area (Å²) in [7, 11) is 1.48. The van der Waals surface area contributed by atoms with Gasteiger partial charge in [-0.05, 0) is 58.2 Å². The number of carbonyl (C=O) groups is 1. The highest BCUT2D eigenvalue weighted by molar-refractivity contribution is 14.1. The maximum Gasteiger partial charge on any atom is 0.270 e. The number of rotatable bonds is 3. The van der Waals surface area contributed by atoms with Crippen molar-refractivity contribution >= 4 is 45.5 Å². The molecule has 1 aromatic carbocycles. The number of ketones is 1. The Hall–Kier alpha value is -2.53. The molecule has 0 fully saturated rings. The van der Waals surface area contributed by atoms with Crippen LogP contribution in [0.3, 0.4) is 0 Å². The summed E-state index contributed by atoms with van der Waals surface area (Å²) in [5.74, 6) is 0.537. The van der Waals surface area contributed by atoms with Crippen LogP contribution >= 0.6 is 33.9 Å². The number of fused-ring (bicyclic) bond motifs is 1. The Labute approximate surface area is 189 Å². The van der Waals surface area contributed by atoms with Crippen LogP contribution in [0.25, 0.3) is 0 Å². The average Bonchev–Trinajstić information content (AvgIpc) is 3.39. The number of benzene rings is 1. The molecule has 154 valence electrons. The molecule has 3 aromatic rings. The molecule has 2 aromatic heterocycles. The first-order valence-electron chi connectivity index (χ1n) is 9.41. The third-order valence-corrected chi connectivity index (χ3v) is 7.58. The van der Waals surface area contributed by atoms with Gasteiger partial charge in [0, 0.05) is 34.4 Å². The lowest BCUT2D eigenvalue weighted by Gasteiger charge is -2.34. The van der Waals surface area contributed by atoms with Crippen molar-refractivity contribution in [2.75, 3.05) is 12.4 Å². The number of hydrogen-bond donors (Lipinski definition) is 4. The second-order valence-electron chi connectivity index (χ2n) is 7.42. The zero-order valence-electron chi connectivity index (χ0n) is 15.9. The lowest BCUT2D eigenvalue weighted by Crippen LogP contribution is -2.31. The fourth-order valence-corrected chi connectivity index (χ4v) is 5.85. The van der Waals surface area contributed by atoms with Gasteiger partial charge in [-0.3, -0.25) is 19.8 Å². The number of hydrogen-bond acceptors (Lipinski definition) is 6. The normalized spacial score (nSPS) is 20.5. The van der Waals surface area contributed by atoms with E-state index in [0.29, 0.717) is 39.1 Å². The molecule has 0 saturated heterocycles. The van der Waals surface area contributed by atoms with Gasteiger partial charge in [0.2, 0.25) is 0 Å². The topological polar surface area (TPSA) is 107 Å². The highest BCUT2D eigenvalue weighted by Crippen LogP contribution is 2.48. The number of thiophene rings is 1. The van der Waals surface area contributed by atoms with Crippen LogP contribution in [0.2, 0.25) is 0 Å². The summed E-state index contributed by atoms with van der Waals surface area (Å²) < 4.78 is 5.92. The first kappa shape index (κ1) is 19.4. The van der Waals surface area contributed by atoms with Gasteiger partial charge in [0.25, 0.3) is 5.56 Å². The van der Waals surface area contributed by atoms with Crippen molar-refractivity contribution < 1.29 is 14.6 Å². The molecule has 5 rings (SSSR count). The van der Waals surface area contributed by atoms with E-state index in [9.17, 15) is 14.7 Å². The molecule has 0 amide bonds. The number of carbonyl (C=O) groups excluding carboxylic acids is 1. The summed E-state index contributed by atoms with van der Waals surface area (Å²) in [4.78, 5) is 27.2. The monoisotopic (exact) mass is 535 g/mol. The minimum absolute atomic E-state index is 0.0282. The Kier molecular flexibility index (Phi) is 4.73. The van der Waals surface area contributed by atoms with E-state index < -0.39 is 5.92 Å². The number of Topliss-reactive ketones (excluding diaryl/α,β-unsaturated/α-hetero) is 1. The molecule has 2 atom stereocenters. The van der Waals surface area contributed by atoms with Crippen LogP contribution in [0.5, 0.6) is 11.5 Å². The van der Waals surface area contributed by atoms with E-state index in [2.05, 4.69) is 21.6 Å². The number of phenols is 1. The number of methoxy groups -OCH3 is 1. The maximum absolute atomic E-state index is 13.4. The second kappa shape index (κ2) is 7.31. The Morgan fingerprint density at radius 1 is 1.23 bits per heavy atom. The summed E-state index contributed by atoms with van der Waals surface area (Å²) >= 11 is 3.68. The van der Waals surface area contributed by atoms with Crippen molar-refractivity contribution in [3.05, 3.63) is 70.8 Å². The van der Waals surface area contributed by atoms with E-state index >= 15 is 0 Å². The summed E-state index contributed by atoms with van der Waals surface area (Å²) in [6, 6.07) is 7.56. The number of aromatic amines is 2. The molecular formula is C21H18IN3O4S. The summed E-state index contributed by atoms with van der Waals surface area (Å²) in [5, 5.41) is 21.1. The lowest BCUT2D eigenvalue weighted by atomic mass is 9.74. The number of phenolic OH excluding ortho intramolecular Hbond substituents is 1. The minimum atomic E-state index is -0.536. The molecular weight excluding hydrogens is 517 g/mol. The predicted octanol–water partition coefficient (Wildman–Crippen LogP) is 4.04. The number of nitrogens with one attached hydrogen (secondary N) is 3. The Morgan fingerprint density at radius 2 is 2.07 bits per heavy atom. The van der Waals surface area contributed by atoms with Gasteiger partial charge in [0.05, 0.1) is 16.2 Å². The average molecular weight is 535 g/mol. The van der Waals surface area contributed by atoms with Crippen molar-refractivity contribution in [2.45, 2.75) is 24.7 Å². The zero-order valence-corrected chi connectivity index (χ0v) is 18.9. The number of anilines is 1. The Balaban J connectivity index is 1.69. The van der Waals surface area contributed by atoms with E-state index in [0.717, 1.165) is 11.3 Å². The second-order valence-corrected chi connectivity index (χ2v) is 9.56. The molecule has 7 nitrogen and oxygen atoms in total. The Bertz CT molecular complexity index is 1240. The number of allylic oxidation sites excluding steroid dienone is 2. The van der Waals surface area contributed by atoms with Gasteiger partial charge >= 0.3 is 0 Å². The van der Waals surface area contributed by atoms with Crippen LogP contribution in [-0.2, 0) is 4.79 Å². The van der Waals surface area contributed by atoms with Crippen molar-refractivity contribution in [3.63, 3.8) is 0 Å². The van der Waals surface area contributed by atoms with Crippen molar-refractivity contribution in [1.82, 2.24) is 10.2 Å². The molecule has 1 aliphatic heterocycles. The highest BCUT2D eigenvalue weighted by Gasteiger charge is 2.41. The summed E-state index contributed by atoms with van der Waals surface area (Å²) in [6.07, 6.45) is 1.10. The number of aromatic nitrogens is 2. The van der Waals surface area contributed by atoms with Gasteiger partial charge in [0.1, 0.15) is 5.82 Å². The number of ether oxygens (including phenoxy) is 1. The molecule has 2 unspecified atom stereocenters. The van der Waals surface area contributed by atoms with Crippen LogP contribution in [0.4, 0.5) is 5.82 Å². The quantitative estimate of drug-likeness (QED) is 0.379. The van der Waals surface area contributed by atoms with E-state index in [4.69, 9.17) is 4.74 Å². The van der Waals surface area contributed by atoms with Gasteiger partial charge in [-0.15, -0.1) is 11.3 Å². The smallest absolute Gasteiger partial charge is 0.270 e. The molecule has 0 saturated carbocycles. The van der Waals surface area contributed by atoms with E-state index in [1.54, 1.807) is 23.5 Å². The summed E-state index contributed by atoms with van der Waals surface area (Å²) in [5.41, 5.74) is 2.38. The fraction of sp³-hybridized carbons (Fsp3) is 0.238. The minimum Gasteiger partial charge on any atom is -0.504 e. The van der Waals surface area contributed by atoms with Crippen molar-refractivity contribution in [2.24, 2.45) is 0 Å². The number of halogens is 1. The summed E-state index contributed by atoms with van der Waals surface area (Å²) in [6.45, 7) is 0. The largest absolute Gasteiger partial charge is 0.504 e. The predicted molar refractivity (Wildman–Crippen MR) is 123 cm³/mol. The molecule has 9 heteroatoms. The van der Waals surface area contributed by atoms with Gasteiger partial charge in [-0.25, -0.2) is 0 Å². The number of H-pyrrole nitrogens is 2. The van der Waals surface area contributed by atoms with Crippen LogP contribution in [0, 0.1) is 3.57 Å². The maximum atomic E-state index is 13.4. The van der Waals surface area contributed by atoms with Gasteiger partial charge in [0.15, 0.2) is 17.3 Å². The molecule has 0 spiro atoms. The van der Waals surface area contributed by atoms with Crippen LogP contribution in [-0.4, -0.2) is 28.2 Å². The molecule has 0 radical (unpaired) electrons. The van der Waals surface area contributed by atoms with Gasteiger partial charge in [-0.2, -0.15) is 0 Å². The van der Waals surface area contributed by atoms with Crippen LogP contribution in [0.15, 0.2) is 45.7 Å². The van der Waals surface area contributed by atoms with Crippen LogP contribution in [0.1, 0.15) is 40.7 Å². The molecule has 30 heavy (non-hydrogen) atoms. The van der Waals surface area contributed by atoms with E-state index in [1.165, 1.54) is 12.0 Å². The Morgan fingerprint density at radius 3 is 2.80 bits per heavy atom. The molecule has 1 aliphatic carbocycles. The molecule has 3 heterocycles. The first-order chi connectivity index (χ1) is 14.5. The SMILES string of the molecule is COc1cc(C2C3=C(CC(c4cccs4)CC3=O)Nc3[nH][nH]c(=O)c32)cc(I)c1O. The van der Waals surface area contributed by atoms with Crippen LogP contribution < -0.4 is 15.6 Å². The third kappa shape index (κ3) is 2.99. The van der Waals surface area contributed by atoms with E-state index in [1.807, 2.05) is 34.0 Å². The number of aromatic hydroxyl groups is 1. The fourth-order valence-electron chi connectivity index (χ4n) is 4.39.